The summed E-state index contributed by atoms with van der Waals surface area (Å²) in [6, 6.07) is 59.1. The molecule has 4 atom stereocenters. The minimum absolute atomic E-state index is 0.0643. The molecule has 0 radical (unpaired) electrons. The summed E-state index contributed by atoms with van der Waals surface area (Å²) in [5.74, 6) is 0. The lowest BCUT2D eigenvalue weighted by molar-refractivity contribution is -0.123. The van der Waals surface area contributed by atoms with Crippen LogP contribution in [0.1, 0.15) is 39.6 Å². The number of ether oxygens (including phenoxy) is 3. The summed E-state index contributed by atoms with van der Waals surface area (Å²) in [5.41, 5.74) is 1.70. The molecule has 1 saturated heterocycles. The van der Waals surface area contributed by atoms with Crippen LogP contribution in [0.25, 0.3) is 11.2 Å². The zero-order chi connectivity index (χ0) is 39.5. The van der Waals surface area contributed by atoms with Gasteiger partial charge in [0.25, 0.3) is 11.6 Å². The molecule has 1 fully saturated rings. The first-order valence-electron chi connectivity index (χ1n) is 19.1. The second-order valence-corrected chi connectivity index (χ2v) is 14.2. The molecule has 9 nitrogen and oxygen atoms in total. The highest BCUT2D eigenvalue weighted by Crippen LogP contribution is 2.47. The van der Waals surface area contributed by atoms with Crippen LogP contribution >= 0.6 is 0 Å². The summed E-state index contributed by atoms with van der Waals surface area (Å²) in [6.07, 6.45) is -4.37. The zero-order valence-corrected chi connectivity index (χ0v) is 31.2. The number of aromatic amines is 1. The van der Waals surface area contributed by atoms with Crippen LogP contribution in [-0.2, 0) is 25.4 Å². The van der Waals surface area contributed by atoms with Crippen molar-refractivity contribution in [2.24, 2.45) is 0 Å². The molecular formula is C48H39FN4O5. The van der Waals surface area contributed by atoms with Gasteiger partial charge in [0.1, 0.15) is 29.5 Å². The Morgan fingerprint density at radius 2 is 1.03 bits per heavy atom. The molecule has 9 rings (SSSR count). The smallest absolute Gasteiger partial charge is 0.291 e. The third-order valence-electron chi connectivity index (χ3n) is 10.8. The normalized spacial score (nSPS) is 18.4. The lowest BCUT2D eigenvalue weighted by Gasteiger charge is -2.40. The van der Waals surface area contributed by atoms with Crippen molar-refractivity contribution in [2.75, 3.05) is 6.61 Å². The number of aliphatic hydroxyl groups is 1. The molecule has 58 heavy (non-hydrogen) atoms. The Morgan fingerprint density at radius 3 is 1.45 bits per heavy atom. The van der Waals surface area contributed by atoms with Crippen LogP contribution in [0.2, 0.25) is 0 Å². The van der Waals surface area contributed by atoms with Crippen molar-refractivity contribution in [3.63, 3.8) is 0 Å². The Kier molecular flexibility index (Phi) is 10.1. The van der Waals surface area contributed by atoms with Gasteiger partial charge >= 0.3 is 0 Å². The molecule has 8 aromatic rings. The molecule has 6 aromatic carbocycles. The van der Waals surface area contributed by atoms with Crippen molar-refractivity contribution in [3.8, 4) is 0 Å². The largest absolute Gasteiger partial charge is 0.387 e. The van der Waals surface area contributed by atoms with E-state index in [2.05, 4.69) is 15.0 Å². The number of nitrogens with zero attached hydrogens (tertiary/aromatic N) is 3. The third-order valence-corrected chi connectivity index (χ3v) is 10.8. The Bertz CT molecular complexity index is 2450. The number of nitrogens with one attached hydrogen (secondary N) is 1. The highest BCUT2D eigenvalue weighted by atomic mass is 19.1. The van der Waals surface area contributed by atoms with Gasteiger partial charge in [0, 0.05) is 0 Å². The van der Waals surface area contributed by atoms with Gasteiger partial charge in [0.05, 0.1) is 12.9 Å². The first kappa shape index (κ1) is 37.0. The van der Waals surface area contributed by atoms with Crippen LogP contribution in [0.4, 0.5) is 4.39 Å². The van der Waals surface area contributed by atoms with Gasteiger partial charge < -0.3 is 19.3 Å². The molecule has 2 N–H and O–H groups in total. The van der Waals surface area contributed by atoms with E-state index in [0.29, 0.717) is 0 Å². The summed E-state index contributed by atoms with van der Waals surface area (Å²) >= 11 is 0. The molecule has 10 heteroatoms. The zero-order valence-electron chi connectivity index (χ0n) is 31.2. The van der Waals surface area contributed by atoms with E-state index in [4.69, 9.17) is 14.2 Å². The van der Waals surface area contributed by atoms with Crippen molar-refractivity contribution in [1.82, 2.24) is 19.5 Å². The van der Waals surface area contributed by atoms with Gasteiger partial charge in [-0.2, -0.15) is 9.37 Å². The van der Waals surface area contributed by atoms with Gasteiger partial charge in [-0.05, 0) is 33.4 Å². The van der Waals surface area contributed by atoms with Crippen LogP contribution in [0.15, 0.2) is 193 Å². The second kappa shape index (κ2) is 15.8. The van der Waals surface area contributed by atoms with Crippen LogP contribution in [0.5, 0.6) is 0 Å². The van der Waals surface area contributed by atoms with Crippen molar-refractivity contribution in [2.45, 2.75) is 35.7 Å². The van der Waals surface area contributed by atoms with Gasteiger partial charge in [-0.1, -0.05) is 182 Å². The molecule has 2 aromatic heterocycles. The lowest BCUT2D eigenvalue weighted by Crippen LogP contribution is -2.45. The van der Waals surface area contributed by atoms with Crippen molar-refractivity contribution in [1.29, 1.82) is 0 Å². The molecule has 0 bridgehead atoms. The Hall–Kier alpha value is -6.56. The molecule has 1 aliphatic heterocycles. The topological polar surface area (TPSA) is 111 Å². The molecule has 0 spiro atoms. The fourth-order valence-electron chi connectivity index (χ4n) is 8.19. The molecule has 0 amide bonds. The summed E-state index contributed by atoms with van der Waals surface area (Å²) in [7, 11) is 0. The number of aliphatic hydroxyl groups excluding tert-OH is 1. The first-order chi connectivity index (χ1) is 28.5. The SMILES string of the molecule is O=c1[nH]c(F)nc2c1ncn2[C@@H]1O[C@H](COC(c2ccccc2)(c2ccccc2)c2ccccc2)[C@@H](O)[C@H]1OC(c1ccccc1)(c1ccccc1)c1ccccc1. The molecule has 0 unspecified atom stereocenters. The molecule has 0 saturated carbocycles. The summed E-state index contributed by atoms with van der Waals surface area (Å²) in [6.45, 7) is -0.111. The second-order valence-electron chi connectivity index (χ2n) is 14.2. The molecule has 1 aliphatic rings. The minimum Gasteiger partial charge on any atom is -0.387 e. The number of halogens is 1. The maximum Gasteiger partial charge on any atom is 0.291 e. The number of aromatic nitrogens is 4. The number of fused-ring (bicyclic) bond motifs is 1. The number of H-pyrrole nitrogens is 1. The third kappa shape index (κ3) is 6.52. The summed E-state index contributed by atoms with van der Waals surface area (Å²) < 4.78 is 37.7. The van der Waals surface area contributed by atoms with Crippen LogP contribution in [0, 0.1) is 6.08 Å². The van der Waals surface area contributed by atoms with E-state index in [1.54, 1.807) is 0 Å². The van der Waals surface area contributed by atoms with E-state index >= 15 is 0 Å². The fourth-order valence-corrected chi connectivity index (χ4v) is 8.19. The standard InChI is InChI=1S/C48H39FN4O5/c49-46-51-43-40(44(55)52-46)50-32-53(43)45-42(58-48(36-25-13-4-14-26-36,37-27-15-5-16-28-37)38-29-17-6-18-30-38)41(54)39(57-45)31-56-47(33-19-7-1-8-20-33,34-21-9-2-10-22-34)35-23-11-3-12-24-35/h1-30,32,39,41-42,45,54H,31H2,(H,51,52,55)/t39-,41-,42-,45-/m1/s1. The van der Waals surface area contributed by atoms with Crippen molar-refractivity contribution < 1.29 is 23.7 Å². The van der Waals surface area contributed by atoms with E-state index in [9.17, 15) is 14.3 Å². The van der Waals surface area contributed by atoms with Gasteiger partial charge in [0.2, 0.25) is 0 Å². The number of rotatable bonds is 12. The van der Waals surface area contributed by atoms with Gasteiger partial charge in [-0.15, -0.1) is 0 Å². The van der Waals surface area contributed by atoms with Crippen molar-refractivity contribution >= 4 is 11.2 Å². The Labute approximate surface area is 334 Å². The quantitative estimate of drug-likeness (QED) is 0.0960. The predicted molar refractivity (Wildman–Crippen MR) is 217 cm³/mol. The van der Waals surface area contributed by atoms with Crippen molar-refractivity contribution in [3.05, 3.63) is 238 Å². The average Bonchev–Trinajstić information content (AvgIpc) is 3.84. The lowest BCUT2D eigenvalue weighted by atomic mass is 9.79. The van der Waals surface area contributed by atoms with E-state index in [-0.39, 0.29) is 17.8 Å². The molecule has 288 valence electrons. The maximum atomic E-state index is 14.8. The Balaban J connectivity index is 1.20. The average molecular weight is 771 g/mol. The van der Waals surface area contributed by atoms with Gasteiger partial charge in [0.15, 0.2) is 17.4 Å². The number of hydrogen-bond donors (Lipinski definition) is 2. The summed E-state index contributed by atoms with van der Waals surface area (Å²) in [5, 5.41) is 12.7. The molecule has 0 aliphatic carbocycles. The first-order valence-corrected chi connectivity index (χ1v) is 19.1. The van der Waals surface area contributed by atoms with E-state index in [1.807, 2.05) is 182 Å². The number of benzene rings is 6. The highest BCUT2D eigenvalue weighted by Gasteiger charge is 2.52. The van der Waals surface area contributed by atoms with Gasteiger partial charge in [-0.3, -0.25) is 14.3 Å². The molecule has 3 heterocycles. The Morgan fingerprint density at radius 1 is 0.638 bits per heavy atom. The van der Waals surface area contributed by atoms with Crippen LogP contribution in [-0.4, -0.2) is 49.5 Å². The van der Waals surface area contributed by atoms with Gasteiger partial charge in [-0.25, -0.2) is 4.98 Å². The fraction of sp³-hybridized carbons (Fsp3) is 0.146. The van der Waals surface area contributed by atoms with E-state index < -0.39 is 47.4 Å². The number of imidazole rings is 1. The minimum atomic E-state index is -1.33. The maximum absolute atomic E-state index is 14.8. The predicted octanol–water partition coefficient (Wildman–Crippen LogP) is 7.90. The molecular weight excluding hydrogens is 732 g/mol. The highest BCUT2D eigenvalue weighted by molar-refractivity contribution is 5.69. The monoisotopic (exact) mass is 770 g/mol. The summed E-state index contributed by atoms with van der Waals surface area (Å²) in [4.78, 5) is 23.3. The van der Waals surface area contributed by atoms with Crippen LogP contribution in [0.3, 0.4) is 0 Å². The van der Waals surface area contributed by atoms with E-state index in [0.717, 1.165) is 33.4 Å². The number of hydrogen-bond acceptors (Lipinski definition) is 7. The van der Waals surface area contributed by atoms with Crippen LogP contribution < -0.4 is 5.56 Å². The van der Waals surface area contributed by atoms with E-state index in [1.165, 1.54) is 10.9 Å².